The van der Waals surface area contributed by atoms with Gasteiger partial charge < -0.3 is 10.3 Å². The van der Waals surface area contributed by atoms with E-state index >= 15 is 0 Å². The number of nitrogens with one attached hydrogen (secondary N) is 3. The van der Waals surface area contributed by atoms with E-state index in [9.17, 15) is 18.0 Å². The largest absolute Gasteiger partial charge is 0.410 e. The van der Waals surface area contributed by atoms with E-state index in [1.165, 1.54) is 12.1 Å². The summed E-state index contributed by atoms with van der Waals surface area (Å²) in [5, 5.41) is 11.1. The first-order valence-electron chi connectivity index (χ1n) is 11.6. The number of pyridine rings is 1. The molecule has 6 nitrogen and oxygen atoms in total. The van der Waals surface area contributed by atoms with Crippen molar-refractivity contribution in [1.29, 1.82) is 0 Å². The monoisotopic (exact) mass is 459 g/mol. The van der Waals surface area contributed by atoms with Gasteiger partial charge in [0, 0.05) is 11.9 Å². The van der Waals surface area contributed by atoms with Crippen LogP contribution in [0.15, 0.2) is 41.3 Å². The van der Waals surface area contributed by atoms with E-state index < -0.39 is 11.7 Å². The summed E-state index contributed by atoms with van der Waals surface area (Å²) >= 11 is 0. The van der Waals surface area contributed by atoms with Gasteiger partial charge in [-0.2, -0.15) is 18.3 Å². The average molecular weight is 460 g/mol. The second kappa shape index (κ2) is 8.20. The van der Waals surface area contributed by atoms with Crippen molar-refractivity contribution in [3.8, 4) is 0 Å². The SMILES string of the molecule is C[C@H]1CCC[C@@H]1n1nc(Nc2ccc(C3(C(F)(F)F)CCCCN3)cc2)c2c(=O)[nH]ccc21. The molecule has 1 aliphatic carbocycles. The highest BCUT2D eigenvalue weighted by Gasteiger charge is 2.56. The lowest BCUT2D eigenvalue weighted by Gasteiger charge is -2.40. The summed E-state index contributed by atoms with van der Waals surface area (Å²) in [6, 6.07) is 8.34. The van der Waals surface area contributed by atoms with Gasteiger partial charge in [0.25, 0.3) is 5.56 Å². The van der Waals surface area contributed by atoms with Gasteiger partial charge in [0.15, 0.2) is 5.82 Å². The molecule has 3 atom stereocenters. The Bertz CT molecular complexity index is 1190. The summed E-state index contributed by atoms with van der Waals surface area (Å²) in [7, 11) is 0. The topological polar surface area (TPSA) is 74.7 Å². The summed E-state index contributed by atoms with van der Waals surface area (Å²) in [5.74, 6) is 0.876. The maximum atomic E-state index is 14.0. The van der Waals surface area contributed by atoms with Gasteiger partial charge in [-0.25, -0.2) is 0 Å². The number of hydrogen-bond donors (Lipinski definition) is 3. The Labute approximate surface area is 189 Å². The van der Waals surface area contributed by atoms with Crippen molar-refractivity contribution < 1.29 is 13.2 Å². The van der Waals surface area contributed by atoms with Crippen LogP contribution in [0.2, 0.25) is 0 Å². The number of halogens is 3. The van der Waals surface area contributed by atoms with Crippen molar-refractivity contribution in [2.24, 2.45) is 5.92 Å². The highest BCUT2D eigenvalue weighted by atomic mass is 19.4. The maximum Gasteiger partial charge on any atom is 0.410 e. The molecule has 5 rings (SSSR count). The molecular weight excluding hydrogens is 431 g/mol. The Hall–Kier alpha value is -2.81. The average Bonchev–Trinajstić information content (AvgIpc) is 3.38. The summed E-state index contributed by atoms with van der Waals surface area (Å²) < 4.78 is 43.9. The fraction of sp³-hybridized carbons (Fsp3) is 0.500. The van der Waals surface area contributed by atoms with Crippen LogP contribution in [0.3, 0.4) is 0 Å². The highest BCUT2D eigenvalue weighted by molar-refractivity contribution is 5.91. The first kappa shape index (κ1) is 22.0. The Morgan fingerprint density at radius 1 is 1.12 bits per heavy atom. The predicted octanol–water partition coefficient (Wildman–Crippen LogP) is 5.36. The minimum atomic E-state index is -4.39. The van der Waals surface area contributed by atoms with Crippen LogP contribution < -0.4 is 16.2 Å². The third-order valence-electron chi connectivity index (χ3n) is 7.29. The van der Waals surface area contributed by atoms with Crippen LogP contribution in [-0.2, 0) is 5.54 Å². The normalized spacial score (nSPS) is 26.1. The molecule has 2 aliphatic rings. The van der Waals surface area contributed by atoms with Crippen LogP contribution in [-0.4, -0.2) is 27.5 Å². The summed E-state index contributed by atoms with van der Waals surface area (Å²) in [6.45, 7) is 2.53. The lowest BCUT2D eigenvalue weighted by molar-refractivity contribution is -0.207. The Morgan fingerprint density at radius 3 is 2.55 bits per heavy atom. The molecule has 9 heteroatoms. The van der Waals surface area contributed by atoms with Crippen LogP contribution in [0, 0.1) is 5.92 Å². The van der Waals surface area contributed by atoms with Gasteiger partial charge in [-0.05, 0) is 68.3 Å². The number of fused-ring (bicyclic) bond motifs is 1. The van der Waals surface area contributed by atoms with Crippen molar-refractivity contribution in [3.63, 3.8) is 0 Å². The minimum Gasteiger partial charge on any atom is -0.338 e. The smallest absolute Gasteiger partial charge is 0.338 e. The van der Waals surface area contributed by atoms with E-state index in [-0.39, 0.29) is 23.6 Å². The first-order valence-corrected chi connectivity index (χ1v) is 11.6. The molecule has 176 valence electrons. The standard InChI is InChI=1S/C24H28F3N5O/c1-15-5-4-6-18(15)32-19-11-14-28-22(33)20(19)21(31-32)30-17-9-7-16(8-10-17)23(24(25,26)27)12-2-3-13-29-23/h7-11,14-15,18,29H,2-6,12-13H2,1H3,(H,28,33)(H,30,31)/t15-,18-,23?/m0/s1. The number of hydrogen-bond acceptors (Lipinski definition) is 4. The molecule has 1 unspecified atom stereocenters. The molecular formula is C24H28F3N5O. The Morgan fingerprint density at radius 2 is 1.91 bits per heavy atom. The van der Waals surface area contributed by atoms with Crippen molar-refractivity contribution in [1.82, 2.24) is 20.1 Å². The van der Waals surface area contributed by atoms with Crippen LogP contribution >= 0.6 is 0 Å². The number of alkyl halides is 3. The molecule has 2 aromatic heterocycles. The Kier molecular flexibility index (Phi) is 5.47. The van der Waals surface area contributed by atoms with Gasteiger partial charge in [-0.1, -0.05) is 25.5 Å². The quantitative estimate of drug-likeness (QED) is 0.491. The lowest BCUT2D eigenvalue weighted by atomic mass is 9.81. The number of aromatic amines is 1. The number of nitrogens with zero attached hydrogens (tertiary/aromatic N) is 2. The van der Waals surface area contributed by atoms with Gasteiger partial charge in [0.05, 0.1) is 11.6 Å². The fourth-order valence-electron chi connectivity index (χ4n) is 5.46. The molecule has 33 heavy (non-hydrogen) atoms. The molecule has 3 heterocycles. The molecule has 0 radical (unpaired) electrons. The van der Waals surface area contributed by atoms with E-state index in [2.05, 4.69) is 22.5 Å². The third kappa shape index (κ3) is 3.72. The fourth-order valence-corrected chi connectivity index (χ4v) is 5.46. The second-order valence-electron chi connectivity index (χ2n) is 9.33. The van der Waals surface area contributed by atoms with Crippen molar-refractivity contribution >= 4 is 22.4 Å². The molecule has 0 spiro atoms. The van der Waals surface area contributed by atoms with E-state index in [1.54, 1.807) is 18.3 Å². The molecule has 0 amide bonds. The molecule has 1 aromatic carbocycles. The Balaban J connectivity index is 1.49. The number of aromatic nitrogens is 3. The van der Waals surface area contributed by atoms with Crippen LogP contribution in [0.1, 0.15) is 57.1 Å². The lowest BCUT2D eigenvalue weighted by Crippen LogP contribution is -2.56. The van der Waals surface area contributed by atoms with Gasteiger partial charge in [0.1, 0.15) is 10.9 Å². The minimum absolute atomic E-state index is 0.0211. The summed E-state index contributed by atoms with van der Waals surface area (Å²) in [6.07, 6.45) is 1.76. The number of rotatable bonds is 4. The van der Waals surface area contributed by atoms with Gasteiger partial charge in [0.2, 0.25) is 0 Å². The van der Waals surface area contributed by atoms with E-state index in [4.69, 9.17) is 5.10 Å². The van der Waals surface area contributed by atoms with E-state index in [1.807, 2.05) is 10.7 Å². The van der Waals surface area contributed by atoms with Gasteiger partial charge in [-0.3, -0.25) is 14.8 Å². The highest BCUT2D eigenvalue weighted by Crippen LogP contribution is 2.45. The molecule has 1 saturated heterocycles. The van der Waals surface area contributed by atoms with Crippen molar-refractivity contribution in [2.75, 3.05) is 11.9 Å². The maximum absolute atomic E-state index is 14.0. The molecule has 1 aliphatic heterocycles. The molecule has 3 N–H and O–H groups in total. The first-order chi connectivity index (χ1) is 15.8. The second-order valence-corrected chi connectivity index (χ2v) is 9.33. The molecule has 1 saturated carbocycles. The van der Waals surface area contributed by atoms with E-state index in [0.29, 0.717) is 35.8 Å². The van der Waals surface area contributed by atoms with Crippen LogP contribution in [0.25, 0.3) is 10.9 Å². The molecule has 0 bridgehead atoms. The number of benzene rings is 1. The van der Waals surface area contributed by atoms with Crippen LogP contribution in [0.4, 0.5) is 24.7 Å². The third-order valence-corrected chi connectivity index (χ3v) is 7.29. The zero-order valence-corrected chi connectivity index (χ0v) is 18.5. The zero-order chi connectivity index (χ0) is 23.2. The number of anilines is 2. The zero-order valence-electron chi connectivity index (χ0n) is 18.5. The number of H-pyrrole nitrogens is 1. The van der Waals surface area contributed by atoms with Crippen LogP contribution in [0.5, 0.6) is 0 Å². The molecule has 3 aromatic rings. The summed E-state index contributed by atoms with van der Waals surface area (Å²) in [4.78, 5) is 15.3. The van der Waals surface area contributed by atoms with Crippen molar-refractivity contribution in [2.45, 2.75) is 63.2 Å². The summed E-state index contributed by atoms with van der Waals surface area (Å²) in [5.41, 5.74) is -0.715. The number of piperidine rings is 1. The van der Waals surface area contributed by atoms with Crippen molar-refractivity contribution in [3.05, 3.63) is 52.4 Å². The van der Waals surface area contributed by atoms with Gasteiger partial charge >= 0.3 is 6.18 Å². The van der Waals surface area contributed by atoms with E-state index in [0.717, 1.165) is 31.2 Å². The van der Waals surface area contributed by atoms with Gasteiger partial charge in [-0.15, -0.1) is 0 Å². The molecule has 2 fully saturated rings. The predicted molar refractivity (Wildman–Crippen MR) is 122 cm³/mol.